The Morgan fingerprint density at radius 3 is 2.37 bits per heavy atom. The van der Waals surface area contributed by atoms with Crippen LogP contribution in [0.1, 0.15) is 133 Å². The number of aromatic nitrogens is 1. The predicted molar refractivity (Wildman–Crippen MR) is 203 cm³/mol. The van der Waals surface area contributed by atoms with Gasteiger partial charge in [0.15, 0.2) is 12.5 Å². The highest BCUT2D eigenvalue weighted by atomic mass is 32.1. The van der Waals surface area contributed by atoms with E-state index in [0.717, 1.165) is 49.2 Å². The van der Waals surface area contributed by atoms with Gasteiger partial charge in [-0.15, -0.1) is 11.3 Å². The molecule has 1 aromatic heterocycles. The normalized spacial score (nSPS) is 18.0. The van der Waals surface area contributed by atoms with Crippen LogP contribution in [-0.2, 0) is 25.5 Å². The summed E-state index contributed by atoms with van der Waals surface area (Å²) in [5.74, 6) is -1.05. The smallest absolute Gasteiger partial charge is 0.307 e. The molecule has 0 saturated carbocycles. The Labute approximate surface area is 309 Å². The van der Waals surface area contributed by atoms with E-state index in [-0.39, 0.29) is 84.8 Å². The molecular formula is C40H62N4O6S. The summed E-state index contributed by atoms with van der Waals surface area (Å²) in [5, 5.41) is 15.3. The standard InChI is InChI=1S/C40H62N4O6S/c1-9-14-37(47)50-25-44(40(49)32(27(6)10-2)23-36(46)34-15-12-13-20-43(34)8)35(26(4)5)21-28(7)39-42-33(24-51-39)38(48)41-30(11-3)22-29-16-18-31(45)19-17-29/h16-19,24,26-28,30,32,34-35,45H,9-15,20-23,25H2,1-8H3,(H,41,48)/t27?,28-,30-,32+,34-,35-/m1/s1. The number of carbonyl (C=O) groups excluding carboxylic acids is 4. The number of Topliss-reactive ketones (excluding diaryl/α,β-unsaturated/α-hetero) is 1. The molecule has 6 atom stereocenters. The SMILES string of the molecule is CCCC(=O)OCN(C(=O)[C@@H](CC(=O)[C@H]1CCCCN1C)C(C)CC)[C@H](C[C@@H](C)c1nc(C(=O)N[C@H](CC)Cc2ccc(O)cc2)cs1)C(C)C. The number of amides is 2. The maximum Gasteiger partial charge on any atom is 0.307 e. The van der Waals surface area contributed by atoms with Crippen molar-refractivity contribution in [2.24, 2.45) is 17.8 Å². The summed E-state index contributed by atoms with van der Waals surface area (Å²) in [6, 6.07) is 6.45. The molecule has 0 radical (unpaired) electrons. The molecule has 1 unspecified atom stereocenters. The highest BCUT2D eigenvalue weighted by Gasteiger charge is 2.38. The van der Waals surface area contributed by atoms with Crippen LogP contribution in [0.15, 0.2) is 29.6 Å². The van der Waals surface area contributed by atoms with E-state index in [9.17, 15) is 24.3 Å². The van der Waals surface area contributed by atoms with Crippen LogP contribution in [0.3, 0.4) is 0 Å². The third-order valence-electron chi connectivity index (χ3n) is 10.5. The van der Waals surface area contributed by atoms with Crippen molar-refractivity contribution in [1.29, 1.82) is 0 Å². The zero-order valence-electron chi connectivity index (χ0n) is 32.2. The first kappa shape index (κ1) is 42.1. The summed E-state index contributed by atoms with van der Waals surface area (Å²) >= 11 is 1.43. The Morgan fingerprint density at radius 2 is 1.76 bits per heavy atom. The van der Waals surface area contributed by atoms with E-state index < -0.39 is 5.92 Å². The minimum absolute atomic E-state index is 0.0204. The Kier molecular flexibility index (Phi) is 17.1. The number of nitrogens with one attached hydrogen (secondary N) is 1. The van der Waals surface area contributed by atoms with Crippen LogP contribution in [0.2, 0.25) is 0 Å². The van der Waals surface area contributed by atoms with Gasteiger partial charge in [0.05, 0.1) is 11.0 Å². The Bertz CT molecular complexity index is 1410. The average Bonchev–Trinajstić information content (AvgIpc) is 3.61. The Hall–Kier alpha value is -3.31. The number of phenols is 1. The lowest BCUT2D eigenvalue weighted by Gasteiger charge is -2.39. The number of hydrogen-bond donors (Lipinski definition) is 2. The molecule has 0 bridgehead atoms. The summed E-state index contributed by atoms with van der Waals surface area (Å²) in [6.07, 6.45) is 6.64. The summed E-state index contributed by atoms with van der Waals surface area (Å²) in [7, 11) is 1.99. The van der Waals surface area contributed by atoms with E-state index in [2.05, 4.69) is 31.0 Å². The van der Waals surface area contributed by atoms with Crippen LogP contribution in [0.5, 0.6) is 5.75 Å². The lowest BCUT2D eigenvalue weighted by Crippen LogP contribution is -2.50. The van der Waals surface area contributed by atoms with E-state index in [4.69, 9.17) is 9.72 Å². The van der Waals surface area contributed by atoms with Crippen LogP contribution < -0.4 is 5.32 Å². The second-order valence-electron chi connectivity index (χ2n) is 14.8. The molecule has 1 aromatic carbocycles. The number of carbonyl (C=O) groups is 4. The Balaban J connectivity index is 1.81. The summed E-state index contributed by atoms with van der Waals surface area (Å²) in [6.45, 7) is 14.9. The first-order valence-electron chi connectivity index (χ1n) is 19.0. The second kappa shape index (κ2) is 20.7. The average molecular weight is 727 g/mol. The van der Waals surface area contributed by atoms with Gasteiger partial charge in [-0.25, -0.2) is 4.98 Å². The number of likely N-dealkylation sites (N-methyl/N-ethyl adjacent to an activating group) is 1. The van der Waals surface area contributed by atoms with Gasteiger partial charge >= 0.3 is 5.97 Å². The summed E-state index contributed by atoms with van der Waals surface area (Å²) < 4.78 is 5.71. The molecule has 2 N–H and O–H groups in total. The maximum atomic E-state index is 14.6. The van der Waals surface area contributed by atoms with E-state index in [1.54, 1.807) is 22.4 Å². The molecular weight excluding hydrogens is 665 g/mol. The van der Waals surface area contributed by atoms with Gasteiger partial charge < -0.3 is 20.1 Å². The number of thiazole rings is 1. The van der Waals surface area contributed by atoms with Gasteiger partial charge in [-0.2, -0.15) is 0 Å². The molecule has 10 nitrogen and oxygen atoms in total. The molecule has 1 aliphatic rings. The molecule has 3 rings (SSSR count). The topological polar surface area (TPSA) is 129 Å². The number of ether oxygens (including phenoxy) is 1. The number of likely N-dealkylation sites (tertiary alicyclic amines) is 1. The monoisotopic (exact) mass is 726 g/mol. The quantitative estimate of drug-likeness (QED) is 0.107. The molecule has 1 saturated heterocycles. The van der Waals surface area contributed by atoms with Gasteiger partial charge in [0.2, 0.25) is 5.91 Å². The largest absolute Gasteiger partial charge is 0.508 e. The predicted octanol–water partition coefficient (Wildman–Crippen LogP) is 7.35. The minimum atomic E-state index is -0.525. The van der Waals surface area contributed by atoms with Gasteiger partial charge in [0.25, 0.3) is 5.91 Å². The van der Waals surface area contributed by atoms with Gasteiger partial charge in [0.1, 0.15) is 11.4 Å². The number of piperidine rings is 1. The lowest BCUT2D eigenvalue weighted by molar-refractivity contribution is -0.160. The highest BCUT2D eigenvalue weighted by molar-refractivity contribution is 7.09. The lowest BCUT2D eigenvalue weighted by atomic mass is 9.82. The molecule has 2 amide bonds. The van der Waals surface area contributed by atoms with Crippen LogP contribution in [-0.4, -0.2) is 81.9 Å². The summed E-state index contributed by atoms with van der Waals surface area (Å²) in [4.78, 5) is 62.8. The third kappa shape index (κ3) is 12.4. The molecule has 2 aromatic rings. The molecule has 0 aliphatic carbocycles. The molecule has 0 spiro atoms. The van der Waals surface area contributed by atoms with Crippen molar-refractivity contribution in [3.05, 3.63) is 45.9 Å². The number of nitrogens with zero attached hydrogens (tertiary/aromatic N) is 3. The number of hydrogen-bond acceptors (Lipinski definition) is 9. The van der Waals surface area contributed by atoms with Gasteiger partial charge in [0, 0.05) is 42.1 Å². The molecule has 51 heavy (non-hydrogen) atoms. The van der Waals surface area contributed by atoms with Crippen LogP contribution in [0, 0.1) is 17.8 Å². The van der Waals surface area contributed by atoms with Crippen LogP contribution >= 0.6 is 11.3 Å². The van der Waals surface area contributed by atoms with Crippen LogP contribution in [0.25, 0.3) is 0 Å². The van der Waals surface area contributed by atoms with E-state index in [1.165, 1.54) is 11.3 Å². The van der Waals surface area contributed by atoms with Crippen molar-refractivity contribution in [2.45, 2.75) is 137 Å². The first-order valence-corrected chi connectivity index (χ1v) is 19.9. The van der Waals surface area contributed by atoms with Crippen molar-refractivity contribution in [2.75, 3.05) is 20.3 Å². The number of phenolic OH excluding ortho intramolecular Hbond substituents is 1. The highest BCUT2D eigenvalue weighted by Crippen LogP contribution is 2.32. The number of aromatic hydroxyl groups is 1. The van der Waals surface area contributed by atoms with Crippen molar-refractivity contribution in [1.82, 2.24) is 20.1 Å². The second-order valence-corrected chi connectivity index (χ2v) is 15.7. The third-order valence-corrected chi connectivity index (χ3v) is 11.6. The molecule has 284 valence electrons. The molecule has 2 heterocycles. The Morgan fingerprint density at radius 1 is 1.06 bits per heavy atom. The first-order chi connectivity index (χ1) is 24.3. The number of benzene rings is 1. The molecule has 1 fully saturated rings. The van der Waals surface area contributed by atoms with E-state index >= 15 is 0 Å². The molecule has 1 aliphatic heterocycles. The van der Waals surface area contributed by atoms with Gasteiger partial charge in [-0.1, -0.05) is 73.4 Å². The van der Waals surface area contributed by atoms with E-state index in [0.29, 0.717) is 25.0 Å². The van der Waals surface area contributed by atoms with Gasteiger partial charge in [-0.05, 0) is 81.6 Å². The number of rotatable bonds is 20. The molecule has 11 heteroatoms. The fraction of sp³-hybridized carbons (Fsp3) is 0.675. The number of ketones is 1. The number of esters is 1. The summed E-state index contributed by atoms with van der Waals surface area (Å²) in [5.41, 5.74) is 1.38. The zero-order valence-corrected chi connectivity index (χ0v) is 33.0. The van der Waals surface area contributed by atoms with Crippen molar-refractivity contribution < 1.29 is 29.0 Å². The fourth-order valence-corrected chi connectivity index (χ4v) is 7.79. The van der Waals surface area contributed by atoms with E-state index in [1.807, 2.05) is 46.9 Å². The fourth-order valence-electron chi connectivity index (χ4n) is 6.92. The van der Waals surface area contributed by atoms with Crippen LogP contribution in [0.4, 0.5) is 0 Å². The zero-order chi connectivity index (χ0) is 37.7. The van der Waals surface area contributed by atoms with Gasteiger partial charge in [-0.3, -0.25) is 24.1 Å². The van der Waals surface area contributed by atoms with Crippen molar-refractivity contribution >= 4 is 34.9 Å². The van der Waals surface area contributed by atoms with Crippen molar-refractivity contribution in [3.8, 4) is 5.75 Å². The van der Waals surface area contributed by atoms with Crippen molar-refractivity contribution in [3.63, 3.8) is 0 Å². The minimum Gasteiger partial charge on any atom is -0.508 e. The maximum absolute atomic E-state index is 14.6.